The molecule has 2 aromatic heterocycles. The van der Waals surface area contributed by atoms with E-state index in [1.54, 1.807) is 14.0 Å². The van der Waals surface area contributed by atoms with Crippen molar-refractivity contribution < 1.29 is 72.7 Å². The number of hydrogen-bond acceptors (Lipinski definition) is 13. The Morgan fingerprint density at radius 1 is 1.13 bits per heavy atom. The van der Waals surface area contributed by atoms with Crippen LogP contribution < -0.4 is 45.0 Å². The second-order valence-corrected chi connectivity index (χ2v) is 12.6. The number of carboxylic acid groups (broad SMARTS) is 1. The van der Waals surface area contributed by atoms with E-state index in [9.17, 15) is 38.4 Å². The van der Waals surface area contributed by atoms with Crippen molar-refractivity contribution in [3.05, 3.63) is 34.2 Å². The number of carbonyl (C=O) groups is 1. The third-order valence-electron chi connectivity index (χ3n) is 7.85. The van der Waals surface area contributed by atoms with Crippen LogP contribution in [0, 0.1) is 0 Å². The first-order valence-electron chi connectivity index (χ1n) is 14.3. The Kier molecular flexibility index (Phi) is 11.1. The van der Waals surface area contributed by atoms with E-state index in [-0.39, 0.29) is 78.6 Å². The fourth-order valence-electron chi connectivity index (χ4n) is 5.62. The number of aliphatic hydroxyl groups excluding tert-OH is 3. The van der Waals surface area contributed by atoms with Crippen molar-refractivity contribution in [3.63, 3.8) is 0 Å². The number of H-pyrrole nitrogens is 1. The van der Waals surface area contributed by atoms with E-state index in [1.165, 1.54) is 32.1 Å². The number of carboxylic acids is 1. The molecule has 16 nitrogen and oxygen atoms in total. The van der Waals surface area contributed by atoms with Gasteiger partial charge in [0.15, 0.2) is 5.52 Å². The molecule has 5 rings (SSSR count). The van der Waals surface area contributed by atoms with Crippen LogP contribution in [-0.2, 0) is 33.0 Å². The molecule has 1 aromatic carbocycles. The molecule has 2 aliphatic heterocycles. The van der Waals surface area contributed by atoms with E-state index in [0.717, 1.165) is 6.42 Å². The Morgan fingerprint density at radius 3 is 2.44 bits per heavy atom. The van der Waals surface area contributed by atoms with E-state index < -0.39 is 52.2 Å². The van der Waals surface area contributed by atoms with Gasteiger partial charge in [-0.3, -0.25) is 14.4 Å². The minimum absolute atomic E-state index is 0. The maximum atomic E-state index is 13.8. The summed E-state index contributed by atoms with van der Waals surface area (Å²) in [5.74, 6) is -1.29. The third-order valence-corrected chi connectivity index (χ3v) is 9.74. The average molecular weight is 659 g/mol. The molecular formula is C27H35N6NaO10S. The average Bonchev–Trinajstić information content (AvgIpc) is 3.31. The molecule has 0 aliphatic carbocycles. The minimum atomic E-state index is -4.08. The number of fused-ring (bicyclic) bond motifs is 1. The number of nitrogens with one attached hydrogen (secondary N) is 1. The van der Waals surface area contributed by atoms with Gasteiger partial charge < -0.3 is 39.7 Å². The van der Waals surface area contributed by atoms with Gasteiger partial charge in [-0.1, -0.05) is 13.3 Å². The summed E-state index contributed by atoms with van der Waals surface area (Å²) in [7, 11) is -2.43. The monoisotopic (exact) mass is 658 g/mol. The number of aliphatic carboxylic acids is 1. The fourth-order valence-corrected chi connectivity index (χ4v) is 7.07. The van der Waals surface area contributed by atoms with Crippen LogP contribution in [0.4, 0.5) is 0 Å². The zero-order chi connectivity index (χ0) is 31.9. The van der Waals surface area contributed by atoms with Gasteiger partial charge in [-0.05, 0) is 31.5 Å². The number of benzene rings is 1. The smallest absolute Gasteiger partial charge is 0.547 e. The van der Waals surface area contributed by atoms with Crippen LogP contribution >= 0.6 is 0 Å². The second-order valence-electron chi connectivity index (χ2n) is 10.7. The molecule has 0 radical (unpaired) electrons. The molecule has 4 N–H and O–H groups in total. The fraction of sp³-hybridized carbons (Fsp3) is 0.556. The van der Waals surface area contributed by atoms with Crippen LogP contribution in [0.2, 0.25) is 0 Å². The molecule has 240 valence electrons. The first-order chi connectivity index (χ1) is 20.9. The number of carbonyl (C=O) groups excluding carboxylic acids is 1. The zero-order valence-electron chi connectivity index (χ0n) is 25.4. The van der Waals surface area contributed by atoms with E-state index in [0.29, 0.717) is 28.9 Å². The normalized spacial score (nSPS) is 24.8. The van der Waals surface area contributed by atoms with E-state index in [4.69, 9.17) is 9.47 Å². The number of ether oxygens (including phenoxy) is 2. The van der Waals surface area contributed by atoms with Gasteiger partial charge in [0.2, 0.25) is 10.0 Å². The van der Waals surface area contributed by atoms with Gasteiger partial charge in [-0.25, -0.2) is 13.4 Å². The molecule has 0 spiro atoms. The summed E-state index contributed by atoms with van der Waals surface area (Å²) in [6.45, 7) is 3.99. The van der Waals surface area contributed by atoms with Gasteiger partial charge in [0.25, 0.3) is 5.56 Å². The Bertz CT molecular complexity index is 1710. The second kappa shape index (κ2) is 14.1. The van der Waals surface area contributed by atoms with Gasteiger partial charge in [-0.15, -0.1) is 0 Å². The number of aryl methyl sites for hydroxylation is 2. The maximum Gasteiger partial charge on any atom is 1.00 e. The van der Waals surface area contributed by atoms with Crippen LogP contribution in [0.15, 0.2) is 27.9 Å². The molecule has 2 aliphatic rings. The number of nitrogens with zero attached hydrogens (tertiary/aromatic N) is 5. The molecular weight excluding hydrogens is 623 g/mol. The molecule has 2 fully saturated rings. The Morgan fingerprint density at radius 2 is 1.82 bits per heavy atom. The van der Waals surface area contributed by atoms with E-state index >= 15 is 0 Å². The number of hydrogen-bond donors (Lipinski definition) is 4. The summed E-state index contributed by atoms with van der Waals surface area (Å²) in [6.07, 6.45) is -7.11. The van der Waals surface area contributed by atoms with Crippen molar-refractivity contribution in [2.75, 3.05) is 32.8 Å². The van der Waals surface area contributed by atoms with E-state index in [1.807, 2.05) is 6.92 Å². The largest absolute Gasteiger partial charge is 1.00 e. The standard InChI is InChI=1S/C27H36N6O10S.Na/c1-4-6-16-18-19(31(3)30-16)25(37)29-24(28-18)15-13-14(7-8-17(15)42-5-2)44(40,41)33-11-9-32(10-12-33)26-22(36)20(34)21(35)23(43-26)27(38)39;/h7-8,13,20-23,26,34-36H,4-6,9-12H2,1-3H3,(H,38,39)(H,28,29,37);/q;+1/p-1/t20-,21-,22+,23-,26+;/m0./s1. The Balaban J connectivity index is 0.00000461. The summed E-state index contributed by atoms with van der Waals surface area (Å²) in [6, 6.07) is 4.29. The number of aromatic amines is 1. The molecule has 0 amide bonds. The van der Waals surface area contributed by atoms with Crippen molar-refractivity contribution in [1.82, 2.24) is 29.0 Å². The van der Waals surface area contributed by atoms with Crippen molar-refractivity contribution in [2.24, 2.45) is 7.05 Å². The topological polar surface area (TPSA) is 223 Å². The Labute approximate surface area is 280 Å². The predicted molar refractivity (Wildman–Crippen MR) is 152 cm³/mol. The summed E-state index contributed by atoms with van der Waals surface area (Å²) >= 11 is 0. The summed E-state index contributed by atoms with van der Waals surface area (Å²) in [5.41, 5.74) is 1.22. The van der Waals surface area contributed by atoms with Crippen LogP contribution in [0.5, 0.6) is 5.75 Å². The van der Waals surface area contributed by atoms with Gasteiger partial charge in [0.05, 0.1) is 28.7 Å². The summed E-state index contributed by atoms with van der Waals surface area (Å²) in [5, 5.41) is 46.3. The van der Waals surface area contributed by atoms with Crippen LogP contribution in [0.25, 0.3) is 22.4 Å². The maximum absolute atomic E-state index is 13.8. The summed E-state index contributed by atoms with van der Waals surface area (Å²) in [4.78, 5) is 33.3. The molecule has 45 heavy (non-hydrogen) atoms. The predicted octanol–water partition coefficient (Wildman–Crippen LogP) is -5.46. The summed E-state index contributed by atoms with van der Waals surface area (Å²) < 4.78 is 41.3. The van der Waals surface area contributed by atoms with E-state index in [2.05, 4.69) is 15.1 Å². The molecule has 5 atom stereocenters. The molecule has 3 aromatic rings. The van der Waals surface area contributed by atoms with Gasteiger partial charge >= 0.3 is 29.6 Å². The van der Waals surface area contributed by atoms with Gasteiger partial charge in [-0.2, -0.15) is 9.40 Å². The SMILES string of the molecule is CCCc1nn(C)c2c(=O)[nH]c(-c3cc(S(=O)(=O)N4CCN([C@@H]5O[C@H](C(=O)[O-])[C@@H](O)[C@H](O)[C@H]5O)CC4)ccc3OCC)nc12.[Na+]. The molecule has 0 unspecified atom stereocenters. The molecule has 4 heterocycles. The molecule has 18 heteroatoms. The van der Waals surface area contributed by atoms with Crippen LogP contribution in [0.1, 0.15) is 26.0 Å². The van der Waals surface area contributed by atoms with Crippen molar-refractivity contribution in [3.8, 4) is 17.1 Å². The molecule has 2 saturated heterocycles. The quantitative estimate of drug-likeness (QED) is 0.158. The number of aromatic nitrogens is 4. The van der Waals surface area contributed by atoms with Crippen molar-refractivity contribution in [1.29, 1.82) is 0 Å². The molecule has 0 saturated carbocycles. The van der Waals surface area contributed by atoms with Gasteiger partial charge in [0, 0.05) is 33.2 Å². The van der Waals surface area contributed by atoms with Crippen LogP contribution in [0.3, 0.4) is 0 Å². The first kappa shape index (κ1) is 35.4. The van der Waals surface area contributed by atoms with Crippen molar-refractivity contribution in [2.45, 2.75) is 62.2 Å². The van der Waals surface area contributed by atoms with Crippen molar-refractivity contribution >= 4 is 27.0 Å². The number of aliphatic hydroxyl groups is 3. The van der Waals surface area contributed by atoms with Crippen LogP contribution in [-0.4, -0.2) is 122 Å². The van der Waals surface area contributed by atoms with Gasteiger partial charge in [0.1, 0.15) is 47.7 Å². The number of piperazine rings is 1. The zero-order valence-corrected chi connectivity index (χ0v) is 28.2. The Hall–Kier alpha value is -2.45. The molecule has 0 bridgehead atoms. The third kappa shape index (κ3) is 6.69. The number of sulfonamides is 1. The first-order valence-corrected chi connectivity index (χ1v) is 15.7. The minimum Gasteiger partial charge on any atom is -0.547 e. The number of rotatable bonds is 9.